The Morgan fingerprint density at radius 3 is 3.06 bits per heavy atom. The van der Waals surface area contributed by atoms with Crippen LogP contribution in [0.15, 0.2) is 24.7 Å². The summed E-state index contributed by atoms with van der Waals surface area (Å²) >= 11 is 0. The predicted octanol–water partition coefficient (Wildman–Crippen LogP) is 1.71. The minimum Gasteiger partial charge on any atom is -0.376 e. The number of anilines is 1. The van der Waals surface area contributed by atoms with Crippen molar-refractivity contribution in [2.75, 3.05) is 19.0 Å². The number of aromatic nitrogens is 3. The minimum absolute atomic E-state index is 0.00847. The molecule has 0 aromatic carbocycles. The molecular weight excluding hydrogens is 216 g/mol. The van der Waals surface area contributed by atoms with E-state index in [0.29, 0.717) is 0 Å². The highest BCUT2D eigenvalue weighted by Crippen LogP contribution is 2.35. The summed E-state index contributed by atoms with van der Waals surface area (Å²) in [5, 5.41) is 7.55. The lowest BCUT2D eigenvalue weighted by molar-refractivity contribution is -0.0601. The van der Waals surface area contributed by atoms with Crippen molar-refractivity contribution in [2.45, 2.75) is 24.9 Å². The number of hydrogen-bond acceptors (Lipinski definition) is 4. The molecule has 90 valence electrons. The summed E-state index contributed by atoms with van der Waals surface area (Å²) in [6.07, 6.45) is 8.87. The van der Waals surface area contributed by atoms with Crippen LogP contribution in [0.1, 0.15) is 19.3 Å². The lowest BCUT2D eigenvalue weighted by Gasteiger charge is -2.40. The van der Waals surface area contributed by atoms with Gasteiger partial charge in [0, 0.05) is 26.0 Å². The topological polar surface area (TPSA) is 51.5 Å². The molecule has 5 heteroatoms. The zero-order valence-corrected chi connectivity index (χ0v) is 9.89. The van der Waals surface area contributed by atoms with Crippen LogP contribution < -0.4 is 5.32 Å². The Morgan fingerprint density at radius 2 is 2.35 bits per heavy atom. The molecule has 0 unspecified atom stereocenters. The van der Waals surface area contributed by atoms with Gasteiger partial charge in [0.1, 0.15) is 5.52 Å². The van der Waals surface area contributed by atoms with Gasteiger partial charge in [0.25, 0.3) is 0 Å². The molecule has 0 aliphatic heterocycles. The Hall–Kier alpha value is -1.62. The maximum Gasteiger partial charge on any atom is 0.152 e. The third-order valence-electron chi connectivity index (χ3n) is 3.60. The first-order chi connectivity index (χ1) is 8.33. The summed E-state index contributed by atoms with van der Waals surface area (Å²) in [7, 11) is 1.79. The molecule has 0 spiro atoms. The Kier molecular flexibility index (Phi) is 2.48. The fourth-order valence-corrected chi connectivity index (χ4v) is 2.26. The van der Waals surface area contributed by atoms with Gasteiger partial charge in [0.05, 0.1) is 11.8 Å². The average molecular weight is 232 g/mol. The van der Waals surface area contributed by atoms with Crippen molar-refractivity contribution in [3.05, 3.63) is 24.7 Å². The highest BCUT2D eigenvalue weighted by molar-refractivity contribution is 5.66. The smallest absolute Gasteiger partial charge is 0.152 e. The van der Waals surface area contributed by atoms with Gasteiger partial charge in [-0.05, 0) is 25.3 Å². The van der Waals surface area contributed by atoms with E-state index in [0.717, 1.165) is 30.7 Å². The molecule has 1 N–H and O–H groups in total. The SMILES string of the molecule is COC1(CNc2nccn3nccc23)CCC1. The van der Waals surface area contributed by atoms with Crippen LogP contribution in [0, 0.1) is 0 Å². The number of hydrogen-bond donors (Lipinski definition) is 1. The zero-order valence-electron chi connectivity index (χ0n) is 9.89. The van der Waals surface area contributed by atoms with Crippen LogP contribution >= 0.6 is 0 Å². The van der Waals surface area contributed by atoms with Gasteiger partial charge in [-0.3, -0.25) is 0 Å². The van der Waals surface area contributed by atoms with Crippen molar-refractivity contribution in [2.24, 2.45) is 0 Å². The van der Waals surface area contributed by atoms with E-state index in [1.54, 1.807) is 19.5 Å². The van der Waals surface area contributed by atoms with Crippen LogP contribution in [0.2, 0.25) is 0 Å². The third-order valence-corrected chi connectivity index (χ3v) is 3.60. The number of rotatable bonds is 4. The Balaban J connectivity index is 1.78. The van der Waals surface area contributed by atoms with E-state index in [9.17, 15) is 0 Å². The maximum atomic E-state index is 5.58. The normalized spacial score (nSPS) is 17.9. The van der Waals surface area contributed by atoms with Crippen molar-refractivity contribution >= 4 is 11.3 Å². The molecule has 1 saturated carbocycles. The molecule has 0 amide bonds. The Morgan fingerprint density at radius 1 is 1.47 bits per heavy atom. The first-order valence-electron chi connectivity index (χ1n) is 5.90. The standard InChI is InChI=1S/C12H16N4O/c1-17-12(4-2-5-12)9-14-11-10-3-6-15-16(10)8-7-13-11/h3,6-8H,2,4-5,9H2,1H3,(H,13,14). The van der Waals surface area contributed by atoms with Gasteiger partial charge < -0.3 is 10.1 Å². The molecule has 2 aromatic heterocycles. The number of ether oxygens (including phenoxy) is 1. The van der Waals surface area contributed by atoms with Crippen molar-refractivity contribution in [3.8, 4) is 0 Å². The van der Waals surface area contributed by atoms with Crippen LogP contribution in [0.5, 0.6) is 0 Å². The van der Waals surface area contributed by atoms with Crippen molar-refractivity contribution in [1.82, 2.24) is 14.6 Å². The molecule has 1 aliphatic carbocycles. The van der Waals surface area contributed by atoms with E-state index in [-0.39, 0.29) is 5.60 Å². The van der Waals surface area contributed by atoms with Gasteiger partial charge in [0.15, 0.2) is 5.82 Å². The molecular formula is C12H16N4O. The molecule has 17 heavy (non-hydrogen) atoms. The van der Waals surface area contributed by atoms with Gasteiger partial charge >= 0.3 is 0 Å². The Bertz CT molecular complexity index is 512. The van der Waals surface area contributed by atoms with Crippen LogP contribution in [-0.2, 0) is 4.74 Å². The number of nitrogens with one attached hydrogen (secondary N) is 1. The van der Waals surface area contributed by atoms with Crippen LogP contribution in [0.4, 0.5) is 5.82 Å². The zero-order chi connectivity index (χ0) is 11.7. The monoisotopic (exact) mass is 232 g/mol. The summed E-state index contributed by atoms with van der Waals surface area (Å²) in [5.74, 6) is 0.869. The van der Waals surface area contributed by atoms with E-state index in [2.05, 4.69) is 15.4 Å². The van der Waals surface area contributed by atoms with E-state index in [1.165, 1.54) is 6.42 Å². The molecule has 0 bridgehead atoms. The molecule has 0 atom stereocenters. The number of nitrogens with zero attached hydrogens (tertiary/aromatic N) is 3. The first kappa shape index (κ1) is 10.5. The summed E-state index contributed by atoms with van der Waals surface area (Å²) in [6.45, 7) is 0.807. The Labute approximate surface area is 99.8 Å². The van der Waals surface area contributed by atoms with E-state index >= 15 is 0 Å². The molecule has 0 saturated heterocycles. The van der Waals surface area contributed by atoms with Crippen molar-refractivity contribution in [1.29, 1.82) is 0 Å². The lowest BCUT2D eigenvalue weighted by atomic mass is 9.80. The second kappa shape index (κ2) is 4.00. The van der Waals surface area contributed by atoms with Crippen LogP contribution in [0.3, 0.4) is 0 Å². The van der Waals surface area contributed by atoms with Crippen LogP contribution in [0.25, 0.3) is 5.52 Å². The minimum atomic E-state index is 0.00847. The molecule has 1 fully saturated rings. The van der Waals surface area contributed by atoms with Crippen LogP contribution in [-0.4, -0.2) is 33.9 Å². The number of fused-ring (bicyclic) bond motifs is 1. The highest BCUT2D eigenvalue weighted by Gasteiger charge is 2.36. The van der Waals surface area contributed by atoms with E-state index in [1.807, 2.05) is 16.8 Å². The molecule has 3 rings (SSSR count). The fourth-order valence-electron chi connectivity index (χ4n) is 2.26. The van der Waals surface area contributed by atoms with Crippen molar-refractivity contribution in [3.63, 3.8) is 0 Å². The lowest BCUT2D eigenvalue weighted by Crippen LogP contribution is -2.45. The van der Waals surface area contributed by atoms with Gasteiger partial charge in [-0.15, -0.1) is 0 Å². The number of methoxy groups -OCH3 is 1. The van der Waals surface area contributed by atoms with E-state index < -0.39 is 0 Å². The van der Waals surface area contributed by atoms with Gasteiger partial charge in [0.2, 0.25) is 0 Å². The first-order valence-corrected chi connectivity index (χ1v) is 5.90. The van der Waals surface area contributed by atoms with Gasteiger partial charge in [-0.25, -0.2) is 9.50 Å². The molecule has 5 nitrogen and oxygen atoms in total. The largest absolute Gasteiger partial charge is 0.376 e. The predicted molar refractivity (Wildman–Crippen MR) is 65.1 cm³/mol. The van der Waals surface area contributed by atoms with Crippen molar-refractivity contribution < 1.29 is 4.74 Å². The molecule has 1 aliphatic rings. The summed E-state index contributed by atoms with van der Waals surface area (Å²) < 4.78 is 7.39. The fraction of sp³-hybridized carbons (Fsp3) is 0.500. The van der Waals surface area contributed by atoms with E-state index in [4.69, 9.17) is 4.74 Å². The molecule has 2 aromatic rings. The third kappa shape index (κ3) is 1.76. The van der Waals surface area contributed by atoms with Gasteiger partial charge in [-0.1, -0.05) is 0 Å². The highest BCUT2D eigenvalue weighted by atomic mass is 16.5. The molecule has 0 radical (unpaired) electrons. The summed E-state index contributed by atoms with van der Waals surface area (Å²) in [5.41, 5.74) is 1.01. The average Bonchev–Trinajstić information content (AvgIpc) is 2.77. The quantitative estimate of drug-likeness (QED) is 0.872. The summed E-state index contributed by atoms with van der Waals surface area (Å²) in [4.78, 5) is 4.35. The summed E-state index contributed by atoms with van der Waals surface area (Å²) in [6, 6.07) is 1.95. The second-order valence-electron chi connectivity index (χ2n) is 4.53. The van der Waals surface area contributed by atoms with Gasteiger partial charge in [-0.2, -0.15) is 5.10 Å². The maximum absolute atomic E-state index is 5.58. The molecule has 2 heterocycles. The second-order valence-corrected chi connectivity index (χ2v) is 4.53.